The average Bonchev–Trinajstić information content (AvgIpc) is 3.08. The van der Waals surface area contributed by atoms with Crippen molar-refractivity contribution in [1.82, 2.24) is 5.32 Å². The van der Waals surface area contributed by atoms with Crippen LogP contribution in [0.15, 0.2) is 16.7 Å². The molecule has 4 heteroatoms. The fourth-order valence-corrected chi connectivity index (χ4v) is 2.01. The third kappa shape index (κ3) is 3.09. The second-order valence-electron chi connectivity index (χ2n) is 4.71. The lowest BCUT2D eigenvalue weighted by Crippen LogP contribution is -2.22. The summed E-state index contributed by atoms with van der Waals surface area (Å²) in [5, 5.41) is 3.36. The van der Waals surface area contributed by atoms with E-state index in [-0.39, 0.29) is 0 Å². The zero-order valence-electron chi connectivity index (χ0n) is 10.4. The van der Waals surface area contributed by atoms with Gasteiger partial charge in [0.05, 0.1) is 13.4 Å². The van der Waals surface area contributed by atoms with E-state index in [0.717, 1.165) is 18.0 Å². The first-order valence-electron chi connectivity index (χ1n) is 6.07. The van der Waals surface area contributed by atoms with E-state index >= 15 is 0 Å². The first kappa shape index (κ1) is 12.2. The second-order valence-corrected chi connectivity index (χ2v) is 4.71. The van der Waals surface area contributed by atoms with Gasteiger partial charge in [-0.3, -0.25) is 0 Å². The average molecular weight is 237 g/mol. The first-order valence-corrected chi connectivity index (χ1v) is 6.07. The molecule has 1 aromatic rings. The van der Waals surface area contributed by atoms with Gasteiger partial charge in [0.15, 0.2) is 0 Å². The van der Waals surface area contributed by atoms with Crippen molar-refractivity contribution < 1.29 is 13.9 Å². The standard InChI is InChI=1S/C13H19NO3/c1-9(10-3-4-10)7-14-8-11-5-6-17-12(11)13(15)16-2/h5-6,9-10,14H,3-4,7-8H2,1-2H3. The van der Waals surface area contributed by atoms with Crippen LogP contribution >= 0.6 is 0 Å². The monoisotopic (exact) mass is 237 g/mol. The highest BCUT2D eigenvalue weighted by Gasteiger charge is 2.27. The normalized spacial score (nSPS) is 16.8. The predicted molar refractivity (Wildman–Crippen MR) is 63.6 cm³/mol. The quantitative estimate of drug-likeness (QED) is 0.771. The lowest BCUT2D eigenvalue weighted by Gasteiger charge is -2.10. The molecule has 0 saturated heterocycles. The Kier molecular flexibility index (Phi) is 3.84. The van der Waals surface area contributed by atoms with Gasteiger partial charge in [0.1, 0.15) is 0 Å². The van der Waals surface area contributed by atoms with Gasteiger partial charge < -0.3 is 14.5 Å². The summed E-state index contributed by atoms with van der Waals surface area (Å²) in [6, 6.07) is 1.81. The lowest BCUT2D eigenvalue weighted by atomic mass is 10.1. The van der Waals surface area contributed by atoms with Gasteiger partial charge in [-0.2, -0.15) is 0 Å². The Morgan fingerprint density at radius 3 is 3.06 bits per heavy atom. The van der Waals surface area contributed by atoms with E-state index < -0.39 is 5.97 Å². The predicted octanol–water partition coefficient (Wildman–Crippen LogP) is 2.20. The minimum absolute atomic E-state index is 0.305. The minimum Gasteiger partial charge on any atom is -0.463 e. The first-order chi connectivity index (χ1) is 8.22. The lowest BCUT2D eigenvalue weighted by molar-refractivity contribution is 0.0563. The maximum Gasteiger partial charge on any atom is 0.374 e. The molecule has 1 aliphatic rings. The number of hydrogen-bond acceptors (Lipinski definition) is 4. The summed E-state index contributed by atoms with van der Waals surface area (Å²) in [6.07, 6.45) is 4.25. The molecule has 1 N–H and O–H groups in total. The van der Waals surface area contributed by atoms with Crippen molar-refractivity contribution in [3.05, 3.63) is 23.7 Å². The zero-order valence-corrected chi connectivity index (χ0v) is 10.4. The van der Waals surface area contributed by atoms with E-state index in [9.17, 15) is 4.79 Å². The number of furan rings is 1. The molecular weight excluding hydrogens is 218 g/mol. The Balaban J connectivity index is 1.81. The molecule has 17 heavy (non-hydrogen) atoms. The number of esters is 1. The van der Waals surface area contributed by atoms with Crippen molar-refractivity contribution in [1.29, 1.82) is 0 Å². The van der Waals surface area contributed by atoms with Crippen LogP contribution in [0.25, 0.3) is 0 Å². The number of rotatable bonds is 6. The molecular formula is C13H19NO3. The number of methoxy groups -OCH3 is 1. The number of nitrogens with one attached hydrogen (secondary N) is 1. The van der Waals surface area contributed by atoms with Crippen LogP contribution in [0.5, 0.6) is 0 Å². The smallest absolute Gasteiger partial charge is 0.374 e. The second kappa shape index (κ2) is 5.36. The van der Waals surface area contributed by atoms with Crippen molar-refractivity contribution in [3.63, 3.8) is 0 Å². The zero-order chi connectivity index (χ0) is 12.3. The van der Waals surface area contributed by atoms with Crippen molar-refractivity contribution in [2.24, 2.45) is 11.8 Å². The van der Waals surface area contributed by atoms with Crippen molar-refractivity contribution in [2.45, 2.75) is 26.3 Å². The SMILES string of the molecule is COC(=O)c1occc1CNCC(C)C1CC1. The molecule has 1 fully saturated rings. The van der Waals surface area contributed by atoms with E-state index in [1.165, 1.54) is 26.2 Å². The summed E-state index contributed by atoms with van der Waals surface area (Å²) in [6.45, 7) is 3.90. The van der Waals surface area contributed by atoms with Gasteiger partial charge >= 0.3 is 5.97 Å². The highest BCUT2D eigenvalue weighted by molar-refractivity contribution is 5.87. The van der Waals surface area contributed by atoms with Crippen LogP contribution < -0.4 is 5.32 Å². The van der Waals surface area contributed by atoms with Gasteiger partial charge in [-0.05, 0) is 37.3 Å². The topological polar surface area (TPSA) is 51.5 Å². The number of carbonyl (C=O) groups is 1. The van der Waals surface area contributed by atoms with Crippen LogP contribution in [-0.4, -0.2) is 19.6 Å². The summed E-state index contributed by atoms with van der Waals surface area (Å²) >= 11 is 0. The van der Waals surface area contributed by atoms with Crippen LogP contribution in [0.3, 0.4) is 0 Å². The number of ether oxygens (including phenoxy) is 1. The third-order valence-corrected chi connectivity index (χ3v) is 3.33. The van der Waals surface area contributed by atoms with Gasteiger partial charge in [0.25, 0.3) is 0 Å². The van der Waals surface area contributed by atoms with E-state index in [2.05, 4.69) is 17.0 Å². The van der Waals surface area contributed by atoms with Crippen LogP contribution in [0.1, 0.15) is 35.9 Å². The Morgan fingerprint density at radius 1 is 1.65 bits per heavy atom. The molecule has 0 bridgehead atoms. The molecule has 0 aromatic carbocycles. The fourth-order valence-electron chi connectivity index (χ4n) is 2.01. The molecule has 1 aliphatic carbocycles. The molecule has 4 nitrogen and oxygen atoms in total. The highest BCUT2D eigenvalue weighted by Crippen LogP contribution is 2.36. The molecule has 94 valence electrons. The maximum absolute atomic E-state index is 11.4. The minimum atomic E-state index is -0.415. The van der Waals surface area contributed by atoms with Gasteiger partial charge in [-0.1, -0.05) is 6.92 Å². The van der Waals surface area contributed by atoms with E-state index in [0.29, 0.717) is 18.2 Å². The van der Waals surface area contributed by atoms with E-state index in [1.807, 2.05) is 0 Å². The van der Waals surface area contributed by atoms with Crippen molar-refractivity contribution in [2.75, 3.05) is 13.7 Å². The van der Waals surface area contributed by atoms with Crippen LogP contribution in [0, 0.1) is 11.8 Å². The molecule has 1 heterocycles. The summed E-state index contributed by atoms with van der Waals surface area (Å²) < 4.78 is 9.77. The van der Waals surface area contributed by atoms with Crippen molar-refractivity contribution >= 4 is 5.97 Å². The fraction of sp³-hybridized carbons (Fsp3) is 0.615. The molecule has 1 aromatic heterocycles. The van der Waals surface area contributed by atoms with E-state index in [4.69, 9.17) is 4.42 Å². The molecule has 0 amide bonds. The highest BCUT2D eigenvalue weighted by atomic mass is 16.5. The van der Waals surface area contributed by atoms with Crippen LogP contribution in [0.4, 0.5) is 0 Å². The maximum atomic E-state index is 11.4. The molecule has 0 spiro atoms. The van der Waals surface area contributed by atoms with Gasteiger partial charge in [-0.25, -0.2) is 4.79 Å². The summed E-state index contributed by atoms with van der Waals surface area (Å²) in [5.41, 5.74) is 0.861. The Bertz CT molecular complexity index is 382. The molecule has 1 atom stereocenters. The summed E-state index contributed by atoms with van der Waals surface area (Å²) in [7, 11) is 1.36. The van der Waals surface area contributed by atoms with E-state index in [1.54, 1.807) is 6.07 Å². The third-order valence-electron chi connectivity index (χ3n) is 3.33. The van der Waals surface area contributed by atoms with Crippen LogP contribution in [-0.2, 0) is 11.3 Å². The van der Waals surface area contributed by atoms with Gasteiger partial charge in [-0.15, -0.1) is 0 Å². The number of hydrogen-bond donors (Lipinski definition) is 1. The molecule has 0 aliphatic heterocycles. The van der Waals surface area contributed by atoms with Crippen LogP contribution in [0.2, 0.25) is 0 Å². The Hall–Kier alpha value is -1.29. The Labute approximate surface area is 101 Å². The Morgan fingerprint density at radius 2 is 2.41 bits per heavy atom. The van der Waals surface area contributed by atoms with Gasteiger partial charge in [0, 0.05) is 12.1 Å². The van der Waals surface area contributed by atoms with Crippen molar-refractivity contribution in [3.8, 4) is 0 Å². The molecule has 0 radical (unpaired) electrons. The molecule has 1 saturated carbocycles. The number of carbonyl (C=O) groups excluding carboxylic acids is 1. The molecule has 1 unspecified atom stereocenters. The molecule has 2 rings (SSSR count). The van der Waals surface area contributed by atoms with Gasteiger partial charge in [0.2, 0.25) is 5.76 Å². The summed E-state index contributed by atoms with van der Waals surface area (Å²) in [4.78, 5) is 11.4. The largest absolute Gasteiger partial charge is 0.463 e. The summed E-state index contributed by atoms with van der Waals surface area (Å²) in [5.74, 6) is 1.50.